The van der Waals surface area contributed by atoms with Gasteiger partial charge in [-0.05, 0) is 26.7 Å². The Morgan fingerprint density at radius 2 is 2.03 bits per heavy atom. The van der Waals surface area contributed by atoms with Gasteiger partial charge in [0.05, 0.1) is 12.7 Å². The molecular weight excluding hydrogens is 439 g/mol. The monoisotopic (exact) mass is 474 g/mol. The van der Waals surface area contributed by atoms with Gasteiger partial charge in [-0.1, -0.05) is 20.8 Å². The highest BCUT2D eigenvalue weighted by atomic mass is 31.2. The number of hydrogen-bond acceptors (Lipinski definition) is 9. The first kappa shape index (κ1) is 26.5. The quantitative estimate of drug-likeness (QED) is 0.259. The Bertz CT molecular complexity index is 797. The molecule has 11 heteroatoms. The van der Waals surface area contributed by atoms with Crippen molar-refractivity contribution in [2.24, 2.45) is 11.8 Å². The summed E-state index contributed by atoms with van der Waals surface area (Å²) in [5.41, 5.74) is 0.184. The van der Waals surface area contributed by atoms with Crippen LogP contribution in [0.5, 0.6) is 0 Å². The summed E-state index contributed by atoms with van der Waals surface area (Å²) in [4.78, 5) is 25.1. The van der Waals surface area contributed by atoms with E-state index in [1.54, 1.807) is 20.8 Å². The summed E-state index contributed by atoms with van der Waals surface area (Å²) in [6.07, 6.45) is -1.12. The standard InChI is InChI=1S/C21H35N2O8P/c1-12(2)10-32(28,11-14(5)20(26)29-13(3)4)31-18-15(6)19(30-16(18)9-24)23-8-7-17(25)22-21(23)27/h7-8,11-13,15-16,18-19,21,24,27H,9-10H2,1-6H3,(H,22,25)/b14-11+. The molecule has 2 heterocycles. The first-order valence-electron chi connectivity index (χ1n) is 10.7. The number of hydrogen-bond donors (Lipinski definition) is 3. The van der Waals surface area contributed by atoms with Crippen molar-refractivity contribution in [3.63, 3.8) is 0 Å². The Balaban J connectivity index is 2.29. The lowest BCUT2D eigenvalue weighted by atomic mass is 10.0. The summed E-state index contributed by atoms with van der Waals surface area (Å²) in [7, 11) is -3.48. The molecule has 0 aliphatic carbocycles. The molecule has 0 spiro atoms. The Labute approximate surface area is 189 Å². The molecule has 2 aliphatic rings. The van der Waals surface area contributed by atoms with E-state index in [1.807, 2.05) is 13.8 Å². The van der Waals surface area contributed by atoms with E-state index in [0.29, 0.717) is 0 Å². The van der Waals surface area contributed by atoms with E-state index in [0.717, 1.165) is 0 Å². The minimum Gasteiger partial charge on any atom is -0.460 e. The molecule has 2 aliphatic heterocycles. The average molecular weight is 474 g/mol. The average Bonchev–Trinajstić information content (AvgIpc) is 2.95. The van der Waals surface area contributed by atoms with Crippen LogP contribution in [-0.2, 0) is 28.2 Å². The van der Waals surface area contributed by atoms with Crippen molar-refractivity contribution in [3.8, 4) is 0 Å². The summed E-state index contributed by atoms with van der Waals surface area (Å²) >= 11 is 0. The molecule has 0 aromatic carbocycles. The second-order valence-electron chi connectivity index (χ2n) is 8.89. The molecule has 0 aromatic heterocycles. The Morgan fingerprint density at radius 1 is 1.38 bits per heavy atom. The zero-order valence-corrected chi connectivity index (χ0v) is 20.3. The van der Waals surface area contributed by atoms with Gasteiger partial charge in [-0.2, -0.15) is 0 Å². The molecule has 32 heavy (non-hydrogen) atoms. The number of carbonyl (C=O) groups excluding carboxylic acids is 2. The van der Waals surface area contributed by atoms with E-state index < -0.39 is 56.6 Å². The number of carbonyl (C=O) groups is 2. The summed E-state index contributed by atoms with van der Waals surface area (Å²) in [5.74, 6) is -0.104. The number of nitrogens with one attached hydrogen (secondary N) is 1. The maximum atomic E-state index is 13.8. The molecule has 0 aromatic rings. The van der Waals surface area contributed by atoms with E-state index in [4.69, 9.17) is 14.0 Å². The van der Waals surface area contributed by atoms with Crippen LogP contribution in [0.4, 0.5) is 0 Å². The lowest BCUT2D eigenvalue weighted by Crippen LogP contribution is -2.53. The lowest BCUT2D eigenvalue weighted by Gasteiger charge is -2.36. The van der Waals surface area contributed by atoms with Crippen molar-refractivity contribution in [3.05, 3.63) is 23.7 Å². The van der Waals surface area contributed by atoms with Gasteiger partial charge >= 0.3 is 5.97 Å². The maximum absolute atomic E-state index is 13.8. The van der Waals surface area contributed by atoms with Crippen LogP contribution in [0.3, 0.4) is 0 Å². The van der Waals surface area contributed by atoms with Crippen LogP contribution in [0.15, 0.2) is 23.7 Å². The largest absolute Gasteiger partial charge is 0.460 e. The van der Waals surface area contributed by atoms with Crippen LogP contribution >= 0.6 is 7.37 Å². The predicted molar refractivity (Wildman–Crippen MR) is 117 cm³/mol. The van der Waals surface area contributed by atoms with Gasteiger partial charge in [0.1, 0.15) is 18.4 Å². The summed E-state index contributed by atoms with van der Waals surface area (Å²) in [5, 5.41) is 22.4. The normalized spacial score (nSPS) is 30.6. The van der Waals surface area contributed by atoms with Gasteiger partial charge in [-0.15, -0.1) is 0 Å². The van der Waals surface area contributed by atoms with Gasteiger partial charge in [-0.3, -0.25) is 9.36 Å². The fourth-order valence-corrected chi connectivity index (χ4v) is 6.44. The van der Waals surface area contributed by atoms with Crippen LogP contribution in [0.1, 0.15) is 41.5 Å². The number of aliphatic hydroxyl groups excluding tert-OH is 2. The van der Waals surface area contributed by atoms with Crippen LogP contribution in [-0.4, -0.2) is 70.6 Å². The number of esters is 1. The van der Waals surface area contributed by atoms with Gasteiger partial charge in [0, 0.05) is 35.7 Å². The molecule has 182 valence electrons. The van der Waals surface area contributed by atoms with Crippen LogP contribution in [0.2, 0.25) is 0 Å². The molecule has 0 bridgehead atoms. The van der Waals surface area contributed by atoms with Gasteiger partial charge in [0.15, 0.2) is 0 Å². The third-order valence-corrected chi connectivity index (χ3v) is 7.67. The zero-order valence-electron chi connectivity index (χ0n) is 19.4. The minimum atomic E-state index is -3.48. The molecule has 0 saturated carbocycles. The predicted octanol–water partition coefficient (Wildman–Crippen LogP) is 1.74. The van der Waals surface area contributed by atoms with E-state index in [-0.39, 0.29) is 23.8 Å². The summed E-state index contributed by atoms with van der Waals surface area (Å²) in [6, 6.07) is 0. The number of aliphatic hydroxyl groups is 2. The summed E-state index contributed by atoms with van der Waals surface area (Å²) in [6.45, 7) is 10.2. The van der Waals surface area contributed by atoms with Crippen LogP contribution in [0, 0.1) is 11.8 Å². The fourth-order valence-electron chi connectivity index (χ4n) is 3.74. The first-order chi connectivity index (χ1) is 14.9. The van der Waals surface area contributed by atoms with Gasteiger partial charge in [0.25, 0.3) is 0 Å². The van der Waals surface area contributed by atoms with Gasteiger partial charge in [0.2, 0.25) is 19.6 Å². The highest BCUT2D eigenvalue weighted by Crippen LogP contribution is 2.54. The van der Waals surface area contributed by atoms with E-state index in [9.17, 15) is 24.4 Å². The number of amides is 1. The Hall–Kier alpha value is -1.71. The van der Waals surface area contributed by atoms with Crippen molar-refractivity contribution in [1.29, 1.82) is 0 Å². The van der Waals surface area contributed by atoms with Crippen molar-refractivity contribution in [1.82, 2.24) is 10.2 Å². The third kappa shape index (κ3) is 6.65. The minimum absolute atomic E-state index is 0.00839. The van der Waals surface area contributed by atoms with Crippen molar-refractivity contribution < 1.29 is 38.4 Å². The van der Waals surface area contributed by atoms with Crippen LogP contribution < -0.4 is 5.32 Å². The first-order valence-corrected chi connectivity index (χ1v) is 12.6. The second kappa shape index (κ2) is 10.9. The Morgan fingerprint density at radius 3 is 2.56 bits per heavy atom. The van der Waals surface area contributed by atoms with E-state index >= 15 is 0 Å². The van der Waals surface area contributed by atoms with E-state index in [2.05, 4.69) is 5.32 Å². The molecular formula is C21H35N2O8P. The zero-order chi connectivity index (χ0) is 24.2. The molecule has 1 fully saturated rings. The Kier molecular flexibility index (Phi) is 9.07. The molecule has 0 radical (unpaired) electrons. The maximum Gasteiger partial charge on any atom is 0.334 e. The molecule has 6 atom stereocenters. The highest BCUT2D eigenvalue weighted by Gasteiger charge is 2.48. The molecule has 3 N–H and O–H groups in total. The fraction of sp³-hybridized carbons (Fsp3) is 0.714. The number of ether oxygens (including phenoxy) is 2. The molecule has 1 amide bonds. The smallest absolute Gasteiger partial charge is 0.334 e. The van der Waals surface area contributed by atoms with Crippen molar-refractivity contribution in [2.75, 3.05) is 12.8 Å². The molecule has 2 rings (SSSR count). The second-order valence-corrected chi connectivity index (χ2v) is 11.2. The van der Waals surface area contributed by atoms with Gasteiger partial charge in [-0.25, -0.2) is 4.79 Å². The SMILES string of the molecule is C/C(=C\P(=O)(CC(C)C)OC1C(CO)OC(N2C=CC(=O)NC2O)C1C)C(=O)OC(C)C. The van der Waals surface area contributed by atoms with E-state index in [1.165, 1.54) is 29.9 Å². The highest BCUT2D eigenvalue weighted by molar-refractivity contribution is 7.62. The topological polar surface area (TPSA) is 135 Å². The van der Waals surface area contributed by atoms with Crippen molar-refractivity contribution in [2.45, 2.75) is 72.4 Å². The summed E-state index contributed by atoms with van der Waals surface area (Å²) < 4.78 is 31.0. The van der Waals surface area contributed by atoms with Gasteiger partial charge < -0.3 is 34.4 Å². The number of nitrogens with zero attached hydrogens (tertiary/aromatic N) is 1. The number of rotatable bonds is 9. The van der Waals surface area contributed by atoms with Crippen LogP contribution in [0.25, 0.3) is 0 Å². The molecule has 1 saturated heterocycles. The van der Waals surface area contributed by atoms with Crippen molar-refractivity contribution >= 4 is 19.2 Å². The third-order valence-electron chi connectivity index (χ3n) is 5.05. The molecule has 6 unspecified atom stereocenters. The molecule has 10 nitrogen and oxygen atoms in total. The lowest BCUT2D eigenvalue weighted by molar-refractivity contribution is -0.146.